The number of piperidine rings is 1. The van der Waals surface area contributed by atoms with Gasteiger partial charge in [-0.15, -0.1) is 0 Å². The number of fused-ring (bicyclic) bond motifs is 1. The molecular weight excluding hydrogens is 626 g/mol. The smallest absolute Gasteiger partial charge is 0.234 e. The van der Waals surface area contributed by atoms with Crippen LogP contribution >= 0.6 is 0 Å². The number of halogens is 2. The van der Waals surface area contributed by atoms with Gasteiger partial charge in [0.1, 0.15) is 23.3 Å². The van der Waals surface area contributed by atoms with Gasteiger partial charge in [-0.2, -0.15) is 5.10 Å². The van der Waals surface area contributed by atoms with E-state index in [1.165, 1.54) is 12.1 Å². The Bertz CT molecular complexity index is 2040. The van der Waals surface area contributed by atoms with Crippen LogP contribution in [0.1, 0.15) is 54.3 Å². The van der Waals surface area contributed by atoms with Gasteiger partial charge < -0.3 is 9.80 Å². The van der Waals surface area contributed by atoms with Crippen LogP contribution in [0.4, 0.5) is 20.4 Å². The molecule has 10 nitrogen and oxygen atoms in total. The molecule has 49 heavy (non-hydrogen) atoms. The maximum absolute atomic E-state index is 14.7. The Kier molecular flexibility index (Phi) is 8.24. The average molecular weight is 663 g/mol. The van der Waals surface area contributed by atoms with E-state index in [1.807, 2.05) is 47.5 Å². The van der Waals surface area contributed by atoms with Crippen molar-refractivity contribution in [3.63, 3.8) is 0 Å². The van der Waals surface area contributed by atoms with E-state index in [9.17, 15) is 18.4 Å². The van der Waals surface area contributed by atoms with Crippen LogP contribution in [0.25, 0.3) is 16.9 Å². The van der Waals surface area contributed by atoms with Crippen molar-refractivity contribution in [3.05, 3.63) is 107 Å². The second-order valence-corrected chi connectivity index (χ2v) is 13.0. The lowest BCUT2D eigenvalue weighted by Gasteiger charge is -2.35. The van der Waals surface area contributed by atoms with Gasteiger partial charge in [0.25, 0.3) is 0 Å². The molecule has 2 atom stereocenters. The topological polar surface area (TPSA) is 99.0 Å². The standard InChI is InChI=1S/C37H36F2N8O2/c38-26-9-11-30(39)28(21-26)32-7-3-14-46(32)34-13-15-47-36(42-34)29(22-40-47)31-6-2-8-33(41-31)45-18-16-44(17-19-45)23-24-4-1-5-25(20-24)27-10-12-35(48)43-37(27)49/h1-2,4-6,8-9,11,13,15,20-22,27,32H,3,7,10,12,14,16-19,23H2,(H,43,48,49)/t27?,32-/m1/s1. The maximum atomic E-state index is 14.7. The molecule has 0 spiro atoms. The lowest BCUT2D eigenvalue weighted by Crippen LogP contribution is -2.46. The number of amides is 2. The number of aromatic nitrogens is 4. The number of hydrogen-bond acceptors (Lipinski definition) is 8. The summed E-state index contributed by atoms with van der Waals surface area (Å²) >= 11 is 0. The number of benzene rings is 2. The number of carbonyl (C=O) groups is 2. The first-order valence-electron chi connectivity index (χ1n) is 16.8. The minimum Gasteiger partial charge on any atom is -0.354 e. The number of anilines is 2. The Hall–Kier alpha value is -5.23. The summed E-state index contributed by atoms with van der Waals surface area (Å²) in [6.07, 6.45) is 6.10. The summed E-state index contributed by atoms with van der Waals surface area (Å²) < 4.78 is 30.5. The van der Waals surface area contributed by atoms with E-state index >= 15 is 0 Å². The SMILES string of the molecule is O=C1CCC(c2cccc(CN3CCN(c4cccc(-c5cnn6ccc(N7CCC[C@@H]7c7cc(F)ccc7F)nc56)n4)CC3)c2)C(=O)N1. The molecule has 5 aromatic rings. The number of hydrogen-bond donors (Lipinski definition) is 1. The van der Waals surface area contributed by atoms with Gasteiger partial charge in [-0.3, -0.25) is 19.8 Å². The van der Waals surface area contributed by atoms with Crippen LogP contribution in [0.2, 0.25) is 0 Å². The summed E-state index contributed by atoms with van der Waals surface area (Å²) in [4.78, 5) is 40.7. The molecule has 3 aromatic heterocycles. The molecule has 2 aromatic carbocycles. The van der Waals surface area contributed by atoms with Crippen LogP contribution in [-0.2, 0) is 16.1 Å². The monoisotopic (exact) mass is 662 g/mol. The number of rotatable bonds is 7. The zero-order valence-electron chi connectivity index (χ0n) is 26.9. The van der Waals surface area contributed by atoms with E-state index < -0.39 is 11.6 Å². The highest BCUT2D eigenvalue weighted by molar-refractivity contribution is 6.00. The molecular formula is C37H36F2N8O2. The van der Waals surface area contributed by atoms with Gasteiger partial charge in [-0.1, -0.05) is 30.3 Å². The highest BCUT2D eigenvalue weighted by atomic mass is 19.1. The average Bonchev–Trinajstić information content (AvgIpc) is 3.77. The summed E-state index contributed by atoms with van der Waals surface area (Å²) in [6.45, 7) is 4.82. The predicted octanol–water partition coefficient (Wildman–Crippen LogP) is 5.25. The Morgan fingerprint density at radius 2 is 1.71 bits per heavy atom. The van der Waals surface area contributed by atoms with Crippen LogP contribution in [0, 0.1) is 11.6 Å². The van der Waals surface area contributed by atoms with E-state index in [0.29, 0.717) is 42.8 Å². The minimum absolute atomic E-state index is 0.201. The molecule has 0 saturated carbocycles. The van der Waals surface area contributed by atoms with Gasteiger partial charge in [0, 0.05) is 57.4 Å². The normalized spacial score (nSPS) is 20.3. The summed E-state index contributed by atoms with van der Waals surface area (Å²) in [5.74, 6) is 0.0100. The van der Waals surface area contributed by atoms with Gasteiger partial charge >= 0.3 is 0 Å². The van der Waals surface area contributed by atoms with Crippen molar-refractivity contribution in [3.8, 4) is 11.3 Å². The fourth-order valence-corrected chi connectivity index (χ4v) is 7.40. The predicted molar refractivity (Wildman–Crippen MR) is 181 cm³/mol. The summed E-state index contributed by atoms with van der Waals surface area (Å²) in [6, 6.07) is 19.3. The molecule has 0 radical (unpaired) electrons. The largest absolute Gasteiger partial charge is 0.354 e. The van der Waals surface area contributed by atoms with Crippen LogP contribution in [0.3, 0.4) is 0 Å². The first kappa shape index (κ1) is 31.1. The van der Waals surface area contributed by atoms with E-state index in [-0.39, 0.29) is 23.8 Å². The van der Waals surface area contributed by atoms with E-state index in [2.05, 4.69) is 32.3 Å². The Balaban J connectivity index is 0.960. The van der Waals surface area contributed by atoms with Crippen LogP contribution in [0.15, 0.2) is 79.1 Å². The number of imide groups is 1. The van der Waals surface area contributed by atoms with Gasteiger partial charge in [-0.25, -0.2) is 23.3 Å². The molecule has 0 aliphatic carbocycles. The van der Waals surface area contributed by atoms with Gasteiger partial charge in [0.05, 0.1) is 29.4 Å². The molecule has 6 heterocycles. The molecule has 3 aliphatic rings. The summed E-state index contributed by atoms with van der Waals surface area (Å²) in [7, 11) is 0. The lowest BCUT2D eigenvalue weighted by molar-refractivity contribution is -0.134. The number of nitrogens with one attached hydrogen (secondary N) is 1. The fraction of sp³-hybridized carbons (Fsp3) is 0.324. The fourth-order valence-electron chi connectivity index (χ4n) is 7.40. The van der Waals surface area contributed by atoms with Crippen molar-refractivity contribution < 1.29 is 18.4 Å². The highest BCUT2D eigenvalue weighted by Crippen LogP contribution is 2.37. The molecule has 2 amide bonds. The maximum Gasteiger partial charge on any atom is 0.234 e. The van der Waals surface area contributed by atoms with Crippen molar-refractivity contribution >= 4 is 29.1 Å². The first-order valence-corrected chi connectivity index (χ1v) is 16.8. The van der Waals surface area contributed by atoms with E-state index in [1.54, 1.807) is 10.7 Å². The van der Waals surface area contributed by atoms with Gasteiger partial charge in [-0.05, 0) is 66.8 Å². The summed E-state index contributed by atoms with van der Waals surface area (Å²) in [5.41, 5.74) is 4.67. The van der Waals surface area contributed by atoms with Crippen molar-refractivity contribution in [1.82, 2.24) is 29.8 Å². The second kappa shape index (κ2) is 13.0. The molecule has 3 fully saturated rings. The Labute approximate surface area is 282 Å². The lowest BCUT2D eigenvalue weighted by atomic mass is 9.89. The highest BCUT2D eigenvalue weighted by Gasteiger charge is 2.31. The van der Waals surface area contributed by atoms with Crippen molar-refractivity contribution in [2.45, 2.75) is 44.2 Å². The zero-order chi connectivity index (χ0) is 33.5. The van der Waals surface area contributed by atoms with Crippen molar-refractivity contribution in [1.29, 1.82) is 0 Å². The summed E-state index contributed by atoms with van der Waals surface area (Å²) in [5, 5.41) is 6.99. The van der Waals surface area contributed by atoms with Crippen LogP contribution in [-0.4, -0.2) is 69.0 Å². The van der Waals surface area contributed by atoms with E-state index in [4.69, 9.17) is 9.97 Å². The third-order valence-electron chi connectivity index (χ3n) is 9.92. The third-order valence-corrected chi connectivity index (χ3v) is 9.92. The Morgan fingerprint density at radius 1 is 0.857 bits per heavy atom. The molecule has 1 N–H and O–H groups in total. The molecule has 0 bridgehead atoms. The number of carbonyl (C=O) groups excluding carboxylic acids is 2. The van der Waals surface area contributed by atoms with Crippen molar-refractivity contribution in [2.75, 3.05) is 42.5 Å². The first-order chi connectivity index (χ1) is 23.9. The van der Waals surface area contributed by atoms with Gasteiger partial charge in [0.15, 0.2) is 5.65 Å². The number of piperazine rings is 1. The van der Waals surface area contributed by atoms with E-state index in [0.717, 1.165) is 73.4 Å². The third kappa shape index (κ3) is 6.24. The quantitative estimate of drug-likeness (QED) is 0.236. The van der Waals surface area contributed by atoms with Crippen LogP contribution in [0.5, 0.6) is 0 Å². The molecule has 250 valence electrons. The molecule has 12 heteroatoms. The minimum atomic E-state index is -0.450. The molecule has 3 saturated heterocycles. The second-order valence-electron chi connectivity index (χ2n) is 13.0. The molecule has 3 aliphatic heterocycles. The molecule has 8 rings (SSSR count). The molecule has 1 unspecified atom stereocenters. The number of pyridine rings is 1. The Morgan fingerprint density at radius 3 is 2.57 bits per heavy atom. The zero-order valence-corrected chi connectivity index (χ0v) is 26.9. The van der Waals surface area contributed by atoms with Crippen LogP contribution < -0.4 is 15.1 Å². The number of nitrogens with zero attached hydrogens (tertiary/aromatic N) is 7. The van der Waals surface area contributed by atoms with Crippen molar-refractivity contribution in [2.24, 2.45) is 0 Å². The van der Waals surface area contributed by atoms with Gasteiger partial charge in [0.2, 0.25) is 11.8 Å².